The van der Waals surface area contributed by atoms with Crippen LogP contribution in [0.2, 0.25) is 0 Å². The summed E-state index contributed by atoms with van der Waals surface area (Å²) in [5, 5.41) is 1.66. The predicted molar refractivity (Wildman–Crippen MR) is 98.4 cm³/mol. The molecule has 3 nitrogen and oxygen atoms in total. The van der Waals surface area contributed by atoms with Gasteiger partial charge in [0, 0.05) is 4.88 Å². The first-order valence-electron chi connectivity index (χ1n) is 7.96. The van der Waals surface area contributed by atoms with Gasteiger partial charge in [0.15, 0.2) is 5.16 Å². The first kappa shape index (κ1) is 15.0. The highest BCUT2D eigenvalue weighted by Gasteiger charge is 2.24. The van der Waals surface area contributed by atoms with Crippen molar-refractivity contribution in [2.45, 2.75) is 38.3 Å². The lowest BCUT2D eigenvalue weighted by atomic mass is 10.2. The Morgan fingerprint density at radius 2 is 2.13 bits per heavy atom. The van der Waals surface area contributed by atoms with Gasteiger partial charge in [0.25, 0.3) is 5.56 Å². The number of nitrogens with zero attached hydrogens (tertiary/aromatic N) is 2. The average Bonchev–Trinajstić information content (AvgIpc) is 3.09. The molecule has 0 atom stereocenters. The van der Waals surface area contributed by atoms with Gasteiger partial charge in [-0.05, 0) is 49.1 Å². The van der Waals surface area contributed by atoms with Crippen molar-refractivity contribution in [1.82, 2.24) is 9.55 Å². The van der Waals surface area contributed by atoms with E-state index in [2.05, 4.69) is 6.92 Å². The molecule has 23 heavy (non-hydrogen) atoms. The van der Waals surface area contributed by atoms with E-state index in [4.69, 9.17) is 4.98 Å². The second-order valence-electron chi connectivity index (χ2n) is 5.79. The van der Waals surface area contributed by atoms with Crippen molar-refractivity contribution in [3.8, 4) is 5.69 Å². The van der Waals surface area contributed by atoms with E-state index in [0.717, 1.165) is 51.6 Å². The van der Waals surface area contributed by atoms with Crippen LogP contribution in [0.15, 0.2) is 34.2 Å². The molecule has 0 saturated heterocycles. The van der Waals surface area contributed by atoms with Crippen molar-refractivity contribution in [2.75, 3.05) is 5.75 Å². The molecule has 0 bridgehead atoms. The van der Waals surface area contributed by atoms with Crippen molar-refractivity contribution >= 4 is 33.3 Å². The van der Waals surface area contributed by atoms with E-state index in [1.807, 2.05) is 35.8 Å². The number of thioether (sulfide) groups is 1. The molecule has 0 fully saturated rings. The molecule has 0 N–H and O–H groups in total. The molecule has 0 aliphatic heterocycles. The highest BCUT2D eigenvalue weighted by Crippen LogP contribution is 2.36. The Morgan fingerprint density at radius 1 is 1.30 bits per heavy atom. The van der Waals surface area contributed by atoms with E-state index in [9.17, 15) is 4.79 Å². The SMILES string of the molecule is CCSc1nc2sc3c(c2c(=O)n1-c1ccccc1C)CCC3. The minimum atomic E-state index is 0.0969. The van der Waals surface area contributed by atoms with Crippen LogP contribution in [0.1, 0.15) is 29.3 Å². The van der Waals surface area contributed by atoms with Crippen LogP contribution >= 0.6 is 23.1 Å². The highest BCUT2D eigenvalue weighted by molar-refractivity contribution is 7.99. The summed E-state index contributed by atoms with van der Waals surface area (Å²) in [5.41, 5.74) is 3.39. The predicted octanol–water partition coefficient (Wildman–Crippen LogP) is 4.36. The van der Waals surface area contributed by atoms with E-state index in [1.54, 1.807) is 23.1 Å². The number of benzene rings is 1. The molecule has 4 rings (SSSR count). The zero-order valence-corrected chi connectivity index (χ0v) is 14.9. The molecule has 2 heterocycles. The lowest BCUT2D eigenvalue weighted by Crippen LogP contribution is -2.22. The zero-order chi connectivity index (χ0) is 16.0. The number of aryl methyl sites for hydroxylation is 3. The normalized spacial score (nSPS) is 13.7. The monoisotopic (exact) mass is 342 g/mol. The van der Waals surface area contributed by atoms with Gasteiger partial charge >= 0.3 is 0 Å². The molecular weight excluding hydrogens is 324 g/mol. The van der Waals surface area contributed by atoms with Gasteiger partial charge in [0.05, 0.1) is 11.1 Å². The molecule has 0 saturated carbocycles. The molecule has 1 aromatic carbocycles. The zero-order valence-electron chi connectivity index (χ0n) is 13.3. The van der Waals surface area contributed by atoms with Gasteiger partial charge in [-0.15, -0.1) is 11.3 Å². The van der Waals surface area contributed by atoms with E-state index < -0.39 is 0 Å². The van der Waals surface area contributed by atoms with E-state index in [1.165, 1.54) is 10.4 Å². The molecule has 118 valence electrons. The smallest absolute Gasteiger partial charge is 0.267 e. The Kier molecular flexibility index (Phi) is 3.77. The summed E-state index contributed by atoms with van der Waals surface area (Å²) >= 11 is 3.34. The van der Waals surface area contributed by atoms with Crippen LogP contribution in [0.3, 0.4) is 0 Å². The van der Waals surface area contributed by atoms with Crippen molar-refractivity contribution < 1.29 is 0 Å². The largest absolute Gasteiger partial charge is 0.268 e. The van der Waals surface area contributed by atoms with Gasteiger partial charge < -0.3 is 0 Å². The maximum Gasteiger partial charge on any atom is 0.267 e. The molecule has 2 aromatic heterocycles. The molecule has 1 aliphatic carbocycles. The van der Waals surface area contributed by atoms with Crippen LogP contribution in [0.25, 0.3) is 15.9 Å². The molecule has 0 unspecified atom stereocenters. The number of hydrogen-bond acceptors (Lipinski definition) is 4. The molecule has 1 aliphatic rings. The second-order valence-corrected chi connectivity index (χ2v) is 8.11. The molecule has 0 amide bonds. The number of fused-ring (bicyclic) bond motifs is 3. The summed E-state index contributed by atoms with van der Waals surface area (Å²) in [6.07, 6.45) is 3.27. The fraction of sp³-hybridized carbons (Fsp3) is 0.333. The average molecular weight is 342 g/mol. The summed E-state index contributed by atoms with van der Waals surface area (Å²) < 4.78 is 1.82. The van der Waals surface area contributed by atoms with Crippen LogP contribution in [-0.4, -0.2) is 15.3 Å². The molecule has 0 radical (unpaired) electrons. The topological polar surface area (TPSA) is 34.9 Å². The van der Waals surface area contributed by atoms with Gasteiger partial charge in [0.2, 0.25) is 0 Å². The quantitative estimate of drug-likeness (QED) is 0.524. The van der Waals surface area contributed by atoms with Crippen LogP contribution in [0.4, 0.5) is 0 Å². The van der Waals surface area contributed by atoms with Crippen LogP contribution < -0.4 is 5.56 Å². The van der Waals surface area contributed by atoms with E-state index in [-0.39, 0.29) is 5.56 Å². The van der Waals surface area contributed by atoms with Gasteiger partial charge in [-0.3, -0.25) is 9.36 Å². The van der Waals surface area contributed by atoms with E-state index in [0.29, 0.717) is 0 Å². The fourth-order valence-corrected chi connectivity index (χ4v) is 5.31. The maximum atomic E-state index is 13.3. The van der Waals surface area contributed by atoms with Crippen molar-refractivity contribution in [1.29, 1.82) is 0 Å². The Bertz CT molecular complexity index is 956. The van der Waals surface area contributed by atoms with Crippen LogP contribution in [0.5, 0.6) is 0 Å². The fourth-order valence-electron chi connectivity index (χ4n) is 3.28. The van der Waals surface area contributed by atoms with Crippen molar-refractivity contribution in [2.24, 2.45) is 0 Å². The van der Waals surface area contributed by atoms with Crippen molar-refractivity contribution in [3.63, 3.8) is 0 Å². The van der Waals surface area contributed by atoms with Gasteiger partial charge in [-0.2, -0.15) is 0 Å². The summed E-state index contributed by atoms with van der Waals surface area (Å²) in [6, 6.07) is 8.04. The summed E-state index contributed by atoms with van der Waals surface area (Å²) in [4.78, 5) is 20.4. The lowest BCUT2D eigenvalue weighted by molar-refractivity contribution is 0.815. The molecular formula is C18H18N2OS2. The summed E-state index contributed by atoms with van der Waals surface area (Å²) in [6.45, 7) is 4.14. The Balaban J connectivity index is 2.09. The third kappa shape index (κ3) is 2.34. The minimum Gasteiger partial charge on any atom is -0.268 e. The summed E-state index contributed by atoms with van der Waals surface area (Å²) in [5.74, 6) is 0.898. The number of rotatable bonds is 3. The highest BCUT2D eigenvalue weighted by atomic mass is 32.2. The molecule has 5 heteroatoms. The Hall–Kier alpha value is -1.59. The molecule has 0 spiro atoms. The molecule has 3 aromatic rings. The number of thiophene rings is 1. The van der Waals surface area contributed by atoms with Crippen molar-refractivity contribution in [3.05, 3.63) is 50.6 Å². The van der Waals surface area contributed by atoms with Gasteiger partial charge in [-0.25, -0.2) is 4.98 Å². The Labute approximate surface area is 143 Å². The van der Waals surface area contributed by atoms with E-state index >= 15 is 0 Å². The Morgan fingerprint density at radius 3 is 2.91 bits per heavy atom. The van der Waals surface area contributed by atoms with Gasteiger partial charge in [-0.1, -0.05) is 36.9 Å². The maximum absolute atomic E-state index is 13.3. The van der Waals surface area contributed by atoms with Gasteiger partial charge in [0.1, 0.15) is 4.83 Å². The minimum absolute atomic E-state index is 0.0969. The number of para-hydroxylation sites is 1. The van der Waals surface area contributed by atoms with Crippen LogP contribution in [0, 0.1) is 6.92 Å². The number of aromatic nitrogens is 2. The standard InChI is InChI=1S/C18H18N2OS2/c1-3-22-18-19-16-15(12-8-6-10-14(12)23-16)17(21)20(18)13-9-5-4-7-11(13)2/h4-5,7,9H,3,6,8,10H2,1-2H3. The summed E-state index contributed by atoms with van der Waals surface area (Å²) in [7, 11) is 0. The second kappa shape index (κ2) is 5.80. The lowest BCUT2D eigenvalue weighted by Gasteiger charge is -2.13. The van der Waals surface area contributed by atoms with Crippen LogP contribution in [-0.2, 0) is 12.8 Å². The first-order valence-corrected chi connectivity index (χ1v) is 9.77. The third-order valence-electron chi connectivity index (χ3n) is 4.34. The third-order valence-corrected chi connectivity index (χ3v) is 6.34. The first-order chi connectivity index (χ1) is 11.2. The number of hydrogen-bond donors (Lipinski definition) is 0.